The Balaban J connectivity index is 1.98. The molecule has 0 saturated heterocycles. The molecule has 1 aliphatic rings. The lowest BCUT2D eigenvalue weighted by molar-refractivity contribution is -0.383. The predicted octanol–water partition coefficient (Wildman–Crippen LogP) is 3.96. The lowest BCUT2D eigenvalue weighted by Crippen LogP contribution is -2.41. The number of nitro benzene ring substituents is 1. The van der Waals surface area contributed by atoms with Crippen molar-refractivity contribution in [3.05, 3.63) is 74.8 Å². The van der Waals surface area contributed by atoms with Crippen molar-refractivity contribution in [3.8, 4) is 0 Å². The summed E-state index contributed by atoms with van der Waals surface area (Å²) in [5.74, 6) is -1.06. The largest absolute Gasteiger partial charge is 0.396 e. The van der Waals surface area contributed by atoms with Crippen molar-refractivity contribution in [2.24, 2.45) is 0 Å². The Morgan fingerprint density at radius 1 is 1.06 bits per heavy atom. The highest BCUT2D eigenvalue weighted by Crippen LogP contribution is 2.41. The Morgan fingerprint density at radius 3 is 2.52 bits per heavy atom. The Labute approximate surface area is 178 Å². The van der Waals surface area contributed by atoms with Gasteiger partial charge in [-0.2, -0.15) is 0 Å². The number of hydrogen-bond donors (Lipinski definition) is 2. The van der Waals surface area contributed by atoms with Gasteiger partial charge in [-0.05, 0) is 43.5 Å². The number of nitrogens with zero attached hydrogens (tertiary/aromatic N) is 2. The van der Waals surface area contributed by atoms with Crippen molar-refractivity contribution in [2.45, 2.75) is 20.3 Å². The molecule has 8 nitrogen and oxygen atoms in total. The van der Waals surface area contributed by atoms with E-state index in [1.165, 1.54) is 6.07 Å². The molecule has 0 atom stereocenters. The number of rotatable bonds is 6. The molecule has 158 valence electrons. The number of aryl methyl sites for hydroxylation is 2. The van der Waals surface area contributed by atoms with Gasteiger partial charge in [0, 0.05) is 35.6 Å². The van der Waals surface area contributed by atoms with Crippen LogP contribution in [0.2, 0.25) is 0 Å². The van der Waals surface area contributed by atoms with E-state index >= 15 is 0 Å². The van der Waals surface area contributed by atoms with Crippen molar-refractivity contribution in [2.75, 3.05) is 23.4 Å². The van der Waals surface area contributed by atoms with E-state index in [1.807, 2.05) is 26.0 Å². The SMILES string of the molecule is Cc1ccc(C)c(N2C(=O)c3cccc4c(NCCCO)c([N+](=O)[O-])cc(c34)C2=O)c1. The second-order valence-electron chi connectivity index (χ2n) is 7.54. The number of hydrogen-bond acceptors (Lipinski definition) is 6. The molecule has 3 aromatic rings. The van der Waals surface area contributed by atoms with E-state index in [1.54, 1.807) is 24.3 Å². The number of aliphatic hydroxyl groups is 1. The van der Waals surface area contributed by atoms with Gasteiger partial charge in [0.15, 0.2) is 0 Å². The van der Waals surface area contributed by atoms with Crippen LogP contribution in [-0.4, -0.2) is 35.0 Å². The maximum Gasteiger partial charge on any atom is 0.293 e. The summed E-state index contributed by atoms with van der Waals surface area (Å²) in [5, 5.41) is 24.7. The summed E-state index contributed by atoms with van der Waals surface area (Å²) >= 11 is 0. The number of nitro groups is 1. The van der Waals surface area contributed by atoms with Crippen LogP contribution in [0.1, 0.15) is 38.3 Å². The lowest BCUT2D eigenvalue weighted by Gasteiger charge is -2.29. The molecule has 0 unspecified atom stereocenters. The molecule has 31 heavy (non-hydrogen) atoms. The third kappa shape index (κ3) is 3.30. The van der Waals surface area contributed by atoms with Gasteiger partial charge in [0.2, 0.25) is 0 Å². The molecule has 0 aliphatic carbocycles. The average Bonchev–Trinajstić information content (AvgIpc) is 2.74. The topological polar surface area (TPSA) is 113 Å². The van der Waals surface area contributed by atoms with Gasteiger partial charge in [0.25, 0.3) is 17.5 Å². The third-order valence-electron chi connectivity index (χ3n) is 5.45. The summed E-state index contributed by atoms with van der Waals surface area (Å²) in [7, 11) is 0. The van der Waals surface area contributed by atoms with Crippen LogP contribution < -0.4 is 10.2 Å². The molecule has 2 amide bonds. The lowest BCUT2D eigenvalue weighted by atomic mass is 9.91. The van der Waals surface area contributed by atoms with Gasteiger partial charge in [-0.3, -0.25) is 19.7 Å². The van der Waals surface area contributed by atoms with Gasteiger partial charge in [-0.25, -0.2) is 4.90 Å². The molecule has 0 radical (unpaired) electrons. The van der Waals surface area contributed by atoms with E-state index in [4.69, 9.17) is 5.11 Å². The fraction of sp³-hybridized carbons (Fsp3) is 0.217. The van der Waals surface area contributed by atoms with Crippen molar-refractivity contribution in [3.63, 3.8) is 0 Å². The van der Waals surface area contributed by atoms with Crippen molar-refractivity contribution in [1.29, 1.82) is 0 Å². The zero-order chi connectivity index (χ0) is 22.3. The quantitative estimate of drug-likeness (QED) is 0.271. The highest BCUT2D eigenvalue weighted by atomic mass is 16.6. The normalized spacial score (nSPS) is 13.1. The number of anilines is 2. The molecule has 2 N–H and O–H groups in total. The summed E-state index contributed by atoms with van der Waals surface area (Å²) in [6, 6.07) is 11.7. The molecule has 4 rings (SSSR count). The minimum absolute atomic E-state index is 0.0656. The summed E-state index contributed by atoms with van der Waals surface area (Å²) in [6.45, 7) is 3.92. The van der Waals surface area contributed by atoms with E-state index in [0.29, 0.717) is 35.0 Å². The van der Waals surface area contributed by atoms with Crippen LogP contribution in [0.15, 0.2) is 42.5 Å². The Hall–Kier alpha value is -3.78. The van der Waals surface area contributed by atoms with Crippen LogP contribution in [0.3, 0.4) is 0 Å². The van der Waals surface area contributed by atoms with Gasteiger partial charge in [-0.1, -0.05) is 24.3 Å². The maximum atomic E-state index is 13.5. The molecular formula is C23H21N3O5. The van der Waals surface area contributed by atoms with Crippen LogP contribution >= 0.6 is 0 Å². The van der Waals surface area contributed by atoms with Gasteiger partial charge < -0.3 is 10.4 Å². The predicted molar refractivity (Wildman–Crippen MR) is 118 cm³/mol. The first kappa shape index (κ1) is 20.5. The molecule has 0 aromatic heterocycles. The first-order valence-corrected chi connectivity index (χ1v) is 9.90. The molecule has 0 fully saturated rings. The zero-order valence-electron chi connectivity index (χ0n) is 17.1. The van der Waals surface area contributed by atoms with Crippen LogP contribution in [-0.2, 0) is 0 Å². The minimum atomic E-state index is -0.590. The number of carbonyl (C=O) groups is 2. The summed E-state index contributed by atoms with van der Waals surface area (Å²) in [6.07, 6.45) is 0.401. The highest BCUT2D eigenvalue weighted by Gasteiger charge is 2.37. The smallest absolute Gasteiger partial charge is 0.293 e. The maximum absolute atomic E-state index is 13.5. The average molecular weight is 419 g/mol. The minimum Gasteiger partial charge on any atom is -0.396 e. The highest BCUT2D eigenvalue weighted by molar-refractivity contribution is 6.37. The first-order chi connectivity index (χ1) is 14.8. The number of carbonyl (C=O) groups excluding carboxylic acids is 2. The van der Waals surface area contributed by atoms with E-state index in [0.717, 1.165) is 16.0 Å². The molecule has 3 aromatic carbocycles. The number of imide groups is 1. The molecule has 0 spiro atoms. The Morgan fingerprint density at radius 2 is 1.81 bits per heavy atom. The molecule has 1 aliphatic heterocycles. The molecule has 8 heteroatoms. The molecule has 0 saturated carbocycles. The van der Waals surface area contributed by atoms with Crippen molar-refractivity contribution >= 4 is 39.6 Å². The number of nitrogens with one attached hydrogen (secondary N) is 1. The monoisotopic (exact) mass is 419 g/mol. The first-order valence-electron chi connectivity index (χ1n) is 9.90. The van der Waals surface area contributed by atoms with Gasteiger partial charge >= 0.3 is 0 Å². The summed E-state index contributed by atoms with van der Waals surface area (Å²) in [4.78, 5) is 39.2. The van der Waals surface area contributed by atoms with Gasteiger partial charge in [0.05, 0.1) is 16.2 Å². The second kappa shape index (κ2) is 7.81. The van der Waals surface area contributed by atoms with Crippen LogP contribution in [0.5, 0.6) is 0 Å². The van der Waals surface area contributed by atoms with E-state index in [-0.39, 0.29) is 23.5 Å². The third-order valence-corrected chi connectivity index (χ3v) is 5.45. The van der Waals surface area contributed by atoms with Crippen molar-refractivity contribution < 1.29 is 19.6 Å². The van der Waals surface area contributed by atoms with Gasteiger partial charge in [0.1, 0.15) is 5.69 Å². The van der Waals surface area contributed by atoms with Crippen molar-refractivity contribution in [1.82, 2.24) is 0 Å². The number of aliphatic hydroxyl groups excluding tert-OH is 1. The fourth-order valence-electron chi connectivity index (χ4n) is 3.95. The Bertz CT molecular complexity index is 1250. The van der Waals surface area contributed by atoms with Gasteiger partial charge in [-0.15, -0.1) is 0 Å². The van der Waals surface area contributed by atoms with Crippen LogP contribution in [0.4, 0.5) is 17.1 Å². The fourth-order valence-corrected chi connectivity index (χ4v) is 3.95. The molecule has 1 heterocycles. The number of benzene rings is 3. The Kier molecular flexibility index (Phi) is 5.16. The summed E-state index contributed by atoms with van der Waals surface area (Å²) < 4.78 is 0. The van der Waals surface area contributed by atoms with Crippen LogP contribution in [0, 0.1) is 24.0 Å². The molecular weight excluding hydrogens is 398 g/mol. The van der Waals surface area contributed by atoms with E-state index in [2.05, 4.69) is 5.32 Å². The molecule has 0 bridgehead atoms. The zero-order valence-corrected chi connectivity index (χ0v) is 17.1. The summed E-state index contributed by atoms with van der Waals surface area (Å²) in [5.41, 5.74) is 2.52. The van der Waals surface area contributed by atoms with Crippen LogP contribution in [0.25, 0.3) is 10.8 Å². The number of amides is 2. The van der Waals surface area contributed by atoms with E-state index < -0.39 is 16.7 Å². The second-order valence-corrected chi connectivity index (χ2v) is 7.54. The standard InChI is InChI=1S/C23H21N3O5/c1-13-7-8-14(2)18(11-13)25-22(28)16-6-3-5-15-20(16)17(23(25)29)12-19(26(30)31)21(15)24-9-4-10-27/h3,5-8,11-12,24,27H,4,9-10H2,1-2H3. The van der Waals surface area contributed by atoms with E-state index in [9.17, 15) is 19.7 Å².